The quantitative estimate of drug-likeness (QED) is 0.308. The molecule has 0 amide bonds. The van der Waals surface area contributed by atoms with Crippen LogP contribution in [0, 0.1) is 0 Å². The Morgan fingerprint density at radius 1 is 0.966 bits per heavy atom. The Kier molecular flexibility index (Phi) is 6.10. The number of benzene rings is 2. The van der Waals surface area contributed by atoms with Crippen molar-refractivity contribution in [1.29, 1.82) is 0 Å². The Labute approximate surface area is 172 Å². The summed E-state index contributed by atoms with van der Waals surface area (Å²) >= 11 is 1.35. The van der Waals surface area contributed by atoms with Crippen molar-refractivity contribution in [2.45, 2.75) is 13.8 Å². The third-order valence-electron chi connectivity index (χ3n) is 4.40. The Balaban J connectivity index is 2.12. The van der Waals surface area contributed by atoms with Crippen LogP contribution in [0.2, 0.25) is 0 Å². The van der Waals surface area contributed by atoms with Gasteiger partial charge in [0.15, 0.2) is 0 Å². The van der Waals surface area contributed by atoms with Crippen molar-refractivity contribution in [3.63, 3.8) is 0 Å². The van der Waals surface area contributed by atoms with E-state index in [0.29, 0.717) is 10.4 Å². The number of hydrogen-bond acceptors (Lipinski definition) is 4. The molecule has 0 saturated carbocycles. The Bertz CT molecular complexity index is 1160. The van der Waals surface area contributed by atoms with Gasteiger partial charge < -0.3 is 10.2 Å². The summed E-state index contributed by atoms with van der Waals surface area (Å²) < 4.78 is 0.832. The zero-order valence-corrected chi connectivity index (χ0v) is 16.9. The second-order valence-electron chi connectivity index (χ2n) is 6.61. The summed E-state index contributed by atoms with van der Waals surface area (Å²) in [5, 5.41) is 19.5. The number of allylic oxidation sites excluding steroid dienone is 5. The lowest BCUT2D eigenvalue weighted by Crippen LogP contribution is -2.01. The smallest absolute Gasteiger partial charge is 0.328 e. The number of fused-ring (bicyclic) bond motifs is 1. The molecule has 3 rings (SSSR count). The van der Waals surface area contributed by atoms with Crippen LogP contribution in [0.5, 0.6) is 5.75 Å². The van der Waals surface area contributed by atoms with Gasteiger partial charge in [0.2, 0.25) is 5.78 Å². The minimum absolute atomic E-state index is 0.0690. The zero-order valence-electron chi connectivity index (χ0n) is 16.0. The minimum atomic E-state index is -1.00. The van der Waals surface area contributed by atoms with Crippen molar-refractivity contribution in [3.8, 4) is 5.75 Å². The van der Waals surface area contributed by atoms with Gasteiger partial charge in [0.05, 0.1) is 4.88 Å². The number of carbonyl (C=O) groups is 2. The van der Waals surface area contributed by atoms with Crippen molar-refractivity contribution < 1.29 is 19.8 Å². The van der Waals surface area contributed by atoms with Crippen LogP contribution in [0.25, 0.3) is 15.7 Å². The third kappa shape index (κ3) is 4.70. The van der Waals surface area contributed by atoms with Gasteiger partial charge in [-0.3, -0.25) is 4.79 Å². The molecule has 0 saturated heterocycles. The summed E-state index contributed by atoms with van der Waals surface area (Å²) in [5.41, 5.74) is 3.09. The van der Waals surface area contributed by atoms with Crippen molar-refractivity contribution in [3.05, 3.63) is 94.4 Å². The molecule has 4 nitrogen and oxygen atoms in total. The summed E-state index contributed by atoms with van der Waals surface area (Å²) in [7, 11) is 0. The molecule has 0 unspecified atom stereocenters. The molecule has 0 aliphatic heterocycles. The maximum atomic E-state index is 13.2. The first kappa shape index (κ1) is 20.3. The molecule has 0 spiro atoms. The number of carbonyl (C=O) groups excluding carboxylic acids is 1. The number of carboxylic acid groups (broad SMARTS) is 1. The number of phenolic OH excluding ortho intramolecular Hbond substituents is 1. The van der Waals surface area contributed by atoms with E-state index in [0.717, 1.165) is 32.9 Å². The SMILES string of the molecule is CC(/C=C/C(=O)O)=C\C=C(/C)c1c(C(=O)c2ccccc2)sc2cc(O)ccc12. The van der Waals surface area contributed by atoms with Crippen molar-refractivity contribution in [2.75, 3.05) is 0 Å². The molecule has 1 aromatic heterocycles. The predicted octanol–water partition coefficient (Wildman–Crippen LogP) is 5.83. The minimum Gasteiger partial charge on any atom is -0.508 e. The van der Waals surface area contributed by atoms with Crippen LogP contribution in [0.3, 0.4) is 0 Å². The number of hydrogen-bond donors (Lipinski definition) is 2. The van der Waals surface area contributed by atoms with Crippen molar-refractivity contribution in [2.24, 2.45) is 0 Å². The van der Waals surface area contributed by atoms with Crippen LogP contribution in [-0.2, 0) is 4.79 Å². The standard InChI is InChI=1S/C24H20O4S/c1-15(9-13-21(26)27)8-10-16(2)22-19-12-11-18(25)14-20(19)29-24(22)23(28)17-6-4-3-5-7-17/h3-14,25H,1-2H3,(H,26,27)/b13-9+,15-8+,16-10+. The van der Waals surface area contributed by atoms with E-state index in [1.807, 2.05) is 50.3 Å². The second-order valence-corrected chi connectivity index (χ2v) is 7.67. The normalized spacial score (nSPS) is 12.6. The molecule has 5 heteroatoms. The number of rotatable bonds is 6. The van der Waals surface area contributed by atoms with Crippen LogP contribution in [0.1, 0.15) is 34.6 Å². The van der Waals surface area contributed by atoms with Gasteiger partial charge >= 0.3 is 5.97 Å². The molecule has 0 atom stereocenters. The van der Waals surface area contributed by atoms with Gasteiger partial charge in [-0.05, 0) is 37.6 Å². The number of ketones is 1. The topological polar surface area (TPSA) is 74.6 Å². The highest BCUT2D eigenvalue weighted by molar-refractivity contribution is 7.21. The summed E-state index contributed by atoms with van der Waals surface area (Å²) in [6.07, 6.45) is 6.29. The van der Waals surface area contributed by atoms with Crippen molar-refractivity contribution >= 4 is 38.7 Å². The summed E-state index contributed by atoms with van der Waals surface area (Å²) in [4.78, 5) is 24.5. The maximum Gasteiger partial charge on any atom is 0.328 e. The van der Waals surface area contributed by atoms with Crippen LogP contribution in [0.15, 0.2) is 78.4 Å². The first-order valence-electron chi connectivity index (χ1n) is 8.98. The van der Waals surface area contributed by atoms with E-state index in [1.54, 1.807) is 24.3 Å². The molecule has 146 valence electrons. The van der Waals surface area contributed by atoms with E-state index in [-0.39, 0.29) is 11.5 Å². The largest absolute Gasteiger partial charge is 0.508 e. The van der Waals surface area contributed by atoms with E-state index >= 15 is 0 Å². The molecule has 0 aliphatic carbocycles. The number of phenols is 1. The number of thiophene rings is 1. The van der Waals surface area contributed by atoms with Crippen LogP contribution in [-0.4, -0.2) is 22.0 Å². The molecular formula is C24H20O4S. The summed E-state index contributed by atoms with van der Waals surface area (Å²) in [6.45, 7) is 3.73. The van der Waals surface area contributed by atoms with Gasteiger partial charge in [-0.25, -0.2) is 4.79 Å². The highest BCUT2D eigenvalue weighted by atomic mass is 32.1. The third-order valence-corrected chi connectivity index (χ3v) is 5.55. The van der Waals surface area contributed by atoms with Gasteiger partial charge in [0.1, 0.15) is 5.75 Å². The first-order valence-corrected chi connectivity index (χ1v) is 9.80. The van der Waals surface area contributed by atoms with E-state index in [9.17, 15) is 14.7 Å². The van der Waals surface area contributed by atoms with Gasteiger partial charge in [-0.15, -0.1) is 11.3 Å². The Hall–Kier alpha value is -3.44. The molecule has 0 aliphatic rings. The summed E-state index contributed by atoms with van der Waals surface area (Å²) in [5.74, 6) is -0.918. The van der Waals surface area contributed by atoms with E-state index in [2.05, 4.69) is 0 Å². The van der Waals surface area contributed by atoms with Crippen molar-refractivity contribution in [1.82, 2.24) is 0 Å². The average Bonchev–Trinajstić information content (AvgIpc) is 3.09. The van der Waals surface area contributed by atoms with Gasteiger partial charge in [0.25, 0.3) is 0 Å². The predicted molar refractivity (Wildman–Crippen MR) is 118 cm³/mol. The Morgan fingerprint density at radius 2 is 1.69 bits per heavy atom. The lowest BCUT2D eigenvalue weighted by atomic mass is 9.98. The number of carboxylic acids is 1. The number of aromatic hydroxyl groups is 1. The fraction of sp³-hybridized carbons (Fsp3) is 0.0833. The van der Waals surface area contributed by atoms with Crippen LogP contribution < -0.4 is 0 Å². The first-order chi connectivity index (χ1) is 13.9. The highest BCUT2D eigenvalue weighted by Gasteiger charge is 2.20. The molecule has 2 N–H and O–H groups in total. The second kappa shape index (κ2) is 8.71. The van der Waals surface area contributed by atoms with Crippen LogP contribution in [0.4, 0.5) is 0 Å². The molecular weight excluding hydrogens is 384 g/mol. The van der Waals surface area contributed by atoms with E-state index < -0.39 is 5.97 Å². The molecule has 2 aromatic carbocycles. The van der Waals surface area contributed by atoms with Gasteiger partial charge in [-0.2, -0.15) is 0 Å². The van der Waals surface area contributed by atoms with E-state index in [4.69, 9.17) is 5.11 Å². The molecule has 1 heterocycles. The molecule has 0 fully saturated rings. The number of aliphatic carboxylic acids is 1. The molecule has 0 radical (unpaired) electrons. The zero-order chi connectivity index (χ0) is 21.0. The highest BCUT2D eigenvalue weighted by Crippen LogP contribution is 2.38. The maximum absolute atomic E-state index is 13.2. The monoisotopic (exact) mass is 404 g/mol. The fourth-order valence-electron chi connectivity index (χ4n) is 2.96. The lowest BCUT2D eigenvalue weighted by molar-refractivity contribution is -0.131. The lowest BCUT2D eigenvalue weighted by Gasteiger charge is -2.05. The van der Waals surface area contributed by atoms with E-state index in [1.165, 1.54) is 17.4 Å². The molecule has 0 bridgehead atoms. The average molecular weight is 404 g/mol. The fourth-order valence-corrected chi connectivity index (χ4v) is 4.22. The van der Waals surface area contributed by atoms with Gasteiger partial charge in [-0.1, -0.05) is 54.1 Å². The summed E-state index contributed by atoms with van der Waals surface area (Å²) in [6, 6.07) is 14.2. The van der Waals surface area contributed by atoms with Crippen LogP contribution >= 0.6 is 11.3 Å². The Morgan fingerprint density at radius 3 is 2.38 bits per heavy atom. The molecule has 3 aromatic rings. The molecule has 29 heavy (non-hydrogen) atoms. The van der Waals surface area contributed by atoms with Gasteiger partial charge in [0, 0.05) is 27.3 Å².